The first kappa shape index (κ1) is 18.3. The maximum Gasteiger partial charge on any atom is 0.260 e. The molecule has 0 N–H and O–H groups in total. The molecule has 0 fully saturated rings. The van der Waals surface area contributed by atoms with Crippen LogP contribution in [0.3, 0.4) is 0 Å². The van der Waals surface area contributed by atoms with Gasteiger partial charge >= 0.3 is 0 Å². The minimum Gasteiger partial charge on any atom is -0.334 e. The van der Waals surface area contributed by atoms with Gasteiger partial charge < -0.3 is 9.47 Å². The number of amides is 1. The number of carbonyl (C=O) groups excluding carboxylic acids is 1. The first-order valence-electron chi connectivity index (χ1n) is 9.88. The van der Waals surface area contributed by atoms with Crippen molar-refractivity contribution in [2.45, 2.75) is 13.0 Å². The molecule has 0 saturated carbocycles. The van der Waals surface area contributed by atoms with E-state index in [-0.39, 0.29) is 11.5 Å². The number of hydrogen-bond donors (Lipinski definition) is 0. The molecular weight excluding hydrogens is 378 g/mol. The number of fused-ring (bicyclic) bond motifs is 2. The Hall–Kier alpha value is -3.74. The van der Waals surface area contributed by atoms with Crippen LogP contribution in [0.4, 0.5) is 0 Å². The molecule has 5 rings (SSSR count). The molecule has 0 bridgehead atoms. The monoisotopic (exact) mass is 399 g/mol. The number of pyridine rings is 2. The largest absolute Gasteiger partial charge is 0.334 e. The fraction of sp³-hybridized carbons (Fsp3) is 0.217. The summed E-state index contributed by atoms with van der Waals surface area (Å²) in [7, 11) is 3.49. The lowest BCUT2D eigenvalue weighted by Gasteiger charge is -2.15. The predicted octanol–water partition coefficient (Wildman–Crippen LogP) is 2.53. The second-order valence-corrected chi connectivity index (χ2v) is 7.63. The van der Waals surface area contributed by atoms with Gasteiger partial charge in [0, 0.05) is 62.6 Å². The van der Waals surface area contributed by atoms with Crippen molar-refractivity contribution in [3.63, 3.8) is 0 Å². The normalized spacial score (nSPS) is 13.3. The van der Waals surface area contributed by atoms with E-state index in [4.69, 9.17) is 4.98 Å². The van der Waals surface area contributed by atoms with Crippen LogP contribution in [0.15, 0.2) is 59.7 Å². The average molecular weight is 399 g/mol. The zero-order valence-corrected chi connectivity index (χ0v) is 16.9. The van der Waals surface area contributed by atoms with Crippen LogP contribution >= 0.6 is 0 Å². The van der Waals surface area contributed by atoms with Crippen molar-refractivity contribution in [1.82, 2.24) is 24.2 Å². The Morgan fingerprint density at radius 1 is 1.00 bits per heavy atom. The second kappa shape index (κ2) is 6.95. The Labute approximate surface area is 173 Å². The van der Waals surface area contributed by atoms with E-state index >= 15 is 0 Å². The highest BCUT2D eigenvalue weighted by atomic mass is 16.2. The summed E-state index contributed by atoms with van der Waals surface area (Å²) in [5, 5.41) is 5.27. The number of carbonyl (C=O) groups is 1. The van der Waals surface area contributed by atoms with Gasteiger partial charge in [-0.2, -0.15) is 5.10 Å². The second-order valence-electron chi connectivity index (χ2n) is 7.63. The lowest BCUT2D eigenvalue weighted by atomic mass is 10.0. The van der Waals surface area contributed by atoms with E-state index < -0.39 is 0 Å². The maximum atomic E-state index is 13.2. The first-order chi connectivity index (χ1) is 14.5. The van der Waals surface area contributed by atoms with E-state index in [9.17, 15) is 9.59 Å². The molecule has 1 aliphatic heterocycles. The molecule has 0 saturated heterocycles. The van der Waals surface area contributed by atoms with Crippen molar-refractivity contribution in [3.8, 4) is 11.3 Å². The SMILES string of the molecule is Cn1nccc1-c1c2c(cn(C)c1=O)CN(CCc1ccc3ccccc3n1)C2=O. The smallest absolute Gasteiger partial charge is 0.260 e. The molecule has 0 unspecified atom stereocenters. The molecule has 30 heavy (non-hydrogen) atoms. The van der Waals surface area contributed by atoms with E-state index in [0.717, 1.165) is 22.2 Å². The molecule has 4 aromatic rings. The summed E-state index contributed by atoms with van der Waals surface area (Å²) in [5.74, 6) is -0.111. The van der Waals surface area contributed by atoms with Gasteiger partial charge in [0.2, 0.25) is 0 Å². The molecule has 0 aliphatic carbocycles. The zero-order valence-electron chi connectivity index (χ0n) is 16.9. The Bertz CT molecular complexity index is 1350. The predicted molar refractivity (Wildman–Crippen MR) is 114 cm³/mol. The molecule has 0 atom stereocenters. The fourth-order valence-corrected chi connectivity index (χ4v) is 4.13. The Balaban J connectivity index is 1.45. The third-order valence-corrected chi connectivity index (χ3v) is 5.69. The number of benzene rings is 1. The van der Waals surface area contributed by atoms with E-state index in [1.165, 1.54) is 0 Å². The van der Waals surface area contributed by atoms with Crippen molar-refractivity contribution in [2.75, 3.05) is 6.54 Å². The Morgan fingerprint density at radius 3 is 2.63 bits per heavy atom. The Kier molecular flexibility index (Phi) is 4.24. The van der Waals surface area contributed by atoms with E-state index in [2.05, 4.69) is 11.2 Å². The molecule has 3 aromatic heterocycles. The van der Waals surface area contributed by atoms with Crippen LogP contribution < -0.4 is 5.56 Å². The summed E-state index contributed by atoms with van der Waals surface area (Å²) in [6, 6.07) is 13.8. The highest BCUT2D eigenvalue weighted by Gasteiger charge is 2.33. The lowest BCUT2D eigenvalue weighted by Crippen LogP contribution is -2.28. The van der Waals surface area contributed by atoms with Gasteiger partial charge in [-0.05, 0) is 18.2 Å². The molecule has 150 valence electrons. The summed E-state index contributed by atoms with van der Waals surface area (Å²) < 4.78 is 3.18. The maximum absolute atomic E-state index is 13.2. The van der Waals surface area contributed by atoms with Crippen LogP contribution in [0, 0.1) is 0 Å². The molecule has 1 aromatic carbocycles. The fourth-order valence-electron chi connectivity index (χ4n) is 4.13. The zero-order chi connectivity index (χ0) is 20.8. The summed E-state index contributed by atoms with van der Waals surface area (Å²) in [4.78, 5) is 32.6. The number of rotatable bonds is 4. The summed E-state index contributed by atoms with van der Waals surface area (Å²) in [6.07, 6.45) is 4.06. The van der Waals surface area contributed by atoms with Crippen LogP contribution in [-0.2, 0) is 27.1 Å². The van der Waals surface area contributed by atoms with E-state index in [0.29, 0.717) is 36.3 Å². The Morgan fingerprint density at radius 2 is 1.83 bits per heavy atom. The highest BCUT2D eigenvalue weighted by molar-refractivity contribution is 6.04. The number of hydrogen-bond acceptors (Lipinski definition) is 4. The van der Waals surface area contributed by atoms with E-state index in [1.807, 2.05) is 30.3 Å². The molecule has 7 nitrogen and oxygen atoms in total. The van der Waals surface area contributed by atoms with Gasteiger partial charge in [0.15, 0.2) is 0 Å². The van der Waals surface area contributed by atoms with Gasteiger partial charge in [0.25, 0.3) is 11.5 Å². The van der Waals surface area contributed by atoms with Gasteiger partial charge in [-0.25, -0.2) is 0 Å². The van der Waals surface area contributed by atoms with Crippen LogP contribution in [0.1, 0.15) is 21.6 Å². The summed E-state index contributed by atoms with van der Waals surface area (Å²) in [5.41, 5.74) is 4.14. The van der Waals surface area contributed by atoms with Crippen molar-refractivity contribution in [2.24, 2.45) is 14.1 Å². The van der Waals surface area contributed by atoms with Gasteiger partial charge in [0.05, 0.1) is 22.3 Å². The van der Waals surface area contributed by atoms with Crippen LogP contribution in [0.25, 0.3) is 22.2 Å². The van der Waals surface area contributed by atoms with Gasteiger partial charge in [0.1, 0.15) is 0 Å². The van der Waals surface area contributed by atoms with Crippen molar-refractivity contribution in [1.29, 1.82) is 0 Å². The van der Waals surface area contributed by atoms with Gasteiger partial charge in [-0.3, -0.25) is 19.3 Å². The molecule has 4 heterocycles. The minimum absolute atomic E-state index is 0.111. The third-order valence-electron chi connectivity index (χ3n) is 5.69. The number of nitrogens with zero attached hydrogens (tertiary/aromatic N) is 5. The molecular formula is C23H21N5O2. The summed E-state index contributed by atoms with van der Waals surface area (Å²) in [6.45, 7) is 1.03. The topological polar surface area (TPSA) is 73.0 Å². The van der Waals surface area contributed by atoms with Crippen molar-refractivity contribution in [3.05, 3.63) is 82.0 Å². The third kappa shape index (κ3) is 2.90. The number of aryl methyl sites for hydroxylation is 2. The van der Waals surface area contributed by atoms with Crippen LogP contribution in [0.2, 0.25) is 0 Å². The standard InChI is InChI=1S/C23H21N5O2/c1-26-13-16-14-28(12-10-17-8-7-15-5-3-4-6-18(15)25-17)23(30)20(16)21(22(26)29)19-9-11-24-27(19)2/h3-9,11,13H,10,12,14H2,1-2H3. The van der Waals surface area contributed by atoms with Crippen molar-refractivity contribution >= 4 is 16.8 Å². The van der Waals surface area contributed by atoms with E-state index in [1.54, 1.807) is 46.7 Å². The molecule has 1 aliphatic rings. The number of para-hydroxylation sites is 1. The van der Waals surface area contributed by atoms with Crippen molar-refractivity contribution < 1.29 is 4.79 Å². The van der Waals surface area contributed by atoms with Gasteiger partial charge in [-0.15, -0.1) is 0 Å². The average Bonchev–Trinajstić information content (AvgIpc) is 3.30. The van der Waals surface area contributed by atoms with Gasteiger partial charge in [-0.1, -0.05) is 24.3 Å². The quantitative estimate of drug-likeness (QED) is 0.529. The lowest BCUT2D eigenvalue weighted by molar-refractivity contribution is 0.0780. The summed E-state index contributed by atoms with van der Waals surface area (Å²) >= 11 is 0. The van der Waals surface area contributed by atoms with Crippen LogP contribution in [0.5, 0.6) is 0 Å². The highest BCUT2D eigenvalue weighted by Crippen LogP contribution is 2.30. The number of aromatic nitrogens is 4. The minimum atomic E-state index is -0.191. The molecule has 1 amide bonds. The molecule has 0 radical (unpaired) electrons. The molecule has 7 heteroatoms. The molecule has 0 spiro atoms. The van der Waals surface area contributed by atoms with Crippen LogP contribution in [-0.4, -0.2) is 36.7 Å². The first-order valence-corrected chi connectivity index (χ1v) is 9.88.